The lowest BCUT2D eigenvalue weighted by molar-refractivity contribution is -0.00660. The fourth-order valence-corrected chi connectivity index (χ4v) is 2.33. The molecule has 90 valence electrons. The predicted octanol–water partition coefficient (Wildman–Crippen LogP) is 3.10. The molecule has 0 saturated heterocycles. The SMILES string of the molecule is CC(N)CCCCOC1CCCCC1C. The summed E-state index contributed by atoms with van der Waals surface area (Å²) in [5.41, 5.74) is 5.70. The van der Waals surface area contributed by atoms with Gasteiger partial charge in [0.25, 0.3) is 0 Å². The van der Waals surface area contributed by atoms with Gasteiger partial charge in [0.2, 0.25) is 0 Å². The van der Waals surface area contributed by atoms with Crippen LogP contribution in [0.1, 0.15) is 58.8 Å². The molecule has 15 heavy (non-hydrogen) atoms. The molecule has 2 heteroatoms. The van der Waals surface area contributed by atoms with Crippen LogP contribution in [0.25, 0.3) is 0 Å². The maximum Gasteiger partial charge on any atom is 0.0600 e. The van der Waals surface area contributed by atoms with Crippen molar-refractivity contribution in [3.05, 3.63) is 0 Å². The fourth-order valence-electron chi connectivity index (χ4n) is 2.33. The molecular formula is C13H27NO. The highest BCUT2D eigenvalue weighted by molar-refractivity contribution is 4.72. The van der Waals surface area contributed by atoms with Gasteiger partial charge >= 0.3 is 0 Å². The van der Waals surface area contributed by atoms with Crippen molar-refractivity contribution in [2.75, 3.05) is 6.61 Å². The Kier molecular flexibility index (Phi) is 6.26. The fraction of sp³-hybridized carbons (Fsp3) is 1.00. The Morgan fingerprint density at radius 1 is 1.27 bits per heavy atom. The van der Waals surface area contributed by atoms with E-state index in [2.05, 4.69) is 13.8 Å². The Labute approximate surface area is 94.6 Å². The highest BCUT2D eigenvalue weighted by Gasteiger charge is 2.21. The lowest BCUT2D eigenvalue weighted by atomic mass is 9.88. The molecule has 0 amide bonds. The number of hydrogen-bond acceptors (Lipinski definition) is 2. The maximum absolute atomic E-state index is 5.94. The highest BCUT2D eigenvalue weighted by Crippen LogP contribution is 2.26. The number of unbranched alkanes of at least 4 members (excludes halogenated alkanes) is 1. The van der Waals surface area contributed by atoms with Gasteiger partial charge in [-0.25, -0.2) is 0 Å². The van der Waals surface area contributed by atoms with Crippen LogP contribution >= 0.6 is 0 Å². The molecular weight excluding hydrogens is 186 g/mol. The molecule has 1 saturated carbocycles. The summed E-state index contributed by atoms with van der Waals surface area (Å²) in [5, 5.41) is 0. The first-order valence-electron chi connectivity index (χ1n) is 6.57. The summed E-state index contributed by atoms with van der Waals surface area (Å²) < 4.78 is 5.94. The van der Waals surface area contributed by atoms with Crippen molar-refractivity contribution in [2.24, 2.45) is 11.7 Å². The summed E-state index contributed by atoms with van der Waals surface area (Å²) in [6.45, 7) is 5.33. The van der Waals surface area contributed by atoms with Gasteiger partial charge in [-0.2, -0.15) is 0 Å². The van der Waals surface area contributed by atoms with Gasteiger partial charge in [-0.05, 0) is 44.9 Å². The minimum absolute atomic E-state index is 0.346. The van der Waals surface area contributed by atoms with Gasteiger partial charge in [-0.15, -0.1) is 0 Å². The van der Waals surface area contributed by atoms with Crippen molar-refractivity contribution in [3.8, 4) is 0 Å². The summed E-state index contributed by atoms with van der Waals surface area (Å²) in [4.78, 5) is 0. The molecule has 3 atom stereocenters. The van der Waals surface area contributed by atoms with E-state index < -0.39 is 0 Å². The van der Waals surface area contributed by atoms with E-state index in [1.165, 1.54) is 38.5 Å². The van der Waals surface area contributed by atoms with Gasteiger partial charge in [0.1, 0.15) is 0 Å². The molecule has 0 aromatic carbocycles. The van der Waals surface area contributed by atoms with Crippen molar-refractivity contribution in [1.29, 1.82) is 0 Å². The Bertz CT molecular complexity index is 159. The molecule has 0 aromatic heterocycles. The second-order valence-electron chi connectivity index (χ2n) is 5.14. The van der Waals surface area contributed by atoms with E-state index in [1.807, 2.05) is 0 Å². The van der Waals surface area contributed by atoms with Crippen molar-refractivity contribution in [2.45, 2.75) is 70.9 Å². The largest absolute Gasteiger partial charge is 0.378 e. The van der Waals surface area contributed by atoms with Gasteiger partial charge in [0.15, 0.2) is 0 Å². The topological polar surface area (TPSA) is 35.2 Å². The van der Waals surface area contributed by atoms with Gasteiger partial charge in [0.05, 0.1) is 6.10 Å². The van der Waals surface area contributed by atoms with Crippen LogP contribution in [0.2, 0.25) is 0 Å². The normalized spacial score (nSPS) is 29.0. The molecule has 0 spiro atoms. The molecule has 0 heterocycles. The van der Waals surface area contributed by atoms with Crippen molar-refractivity contribution in [3.63, 3.8) is 0 Å². The maximum atomic E-state index is 5.94. The third-order valence-corrected chi connectivity index (χ3v) is 3.42. The quantitative estimate of drug-likeness (QED) is 0.688. The van der Waals surface area contributed by atoms with E-state index >= 15 is 0 Å². The summed E-state index contributed by atoms with van der Waals surface area (Å²) >= 11 is 0. The first-order chi connectivity index (χ1) is 7.20. The van der Waals surface area contributed by atoms with Crippen LogP contribution in [0.3, 0.4) is 0 Å². The lowest BCUT2D eigenvalue weighted by Gasteiger charge is -2.28. The van der Waals surface area contributed by atoms with Crippen molar-refractivity contribution in [1.82, 2.24) is 0 Å². The Morgan fingerprint density at radius 3 is 2.67 bits per heavy atom. The van der Waals surface area contributed by atoms with E-state index in [4.69, 9.17) is 10.5 Å². The van der Waals surface area contributed by atoms with E-state index in [0.29, 0.717) is 12.1 Å². The van der Waals surface area contributed by atoms with Crippen LogP contribution in [0.5, 0.6) is 0 Å². The monoisotopic (exact) mass is 213 g/mol. The Balaban J connectivity index is 1.99. The highest BCUT2D eigenvalue weighted by atomic mass is 16.5. The molecule has 2 N–H and O–H groups in total. The second kappa shape index (κ2) is 7.24. The smallest absolute Gasteiger partial charge is 0.0600 e. The first-order valence-corrected chi connectivity index (χ1v) is 6.57. The van der Waals surface area contributed by atoms with Gasteiger partial charge in [-0.1, -0.05) is 19.8 Å². The molecule has 0 bridgehead atoms. The molecule has 2 nitrogen and oxygen atoms in total. The average Bonchev–Trinajstić information content (AvgIpc) is 2.20. The van der Waals surface area contributed by atoms with E-state index in [1.54, 1.807) is 0 Å². The van der Waals surface area contributed by atoms with Crippen LogP contribution in [0.15, 0.2) is 0 Å². The number of rotatable bonds is 6. The minimum atomic E-state index is 0.346. The molecule has 1 aliphatic carbocycles. The Hall–Kier alpha value is -0.0800. The lowest BCUT2D eigenvalue weighted by Crippen LogP contribution is -2.26. The Morgan fingerprint density at radius 2 is 2.00 bits per heavy atom. The van der Waals surface area contributed by atoms with Crippen molar-refractivity contribution >= 4 is 0 Å². The van der Waals surface area contributed by atoms with Gasteiger partial charge in [0, 0.05) is 12.6 Å². The predicted molar refractivity (Wildman–Crippen MR) is 64.9 cm³/mol. The zero-order chi connectivity index (χ0) is 11.1. The molecule has 1 fully saturated rings. The van der Waals surface area contributed by atoms with Crippen LogP contribution < -0.4 is 5.73 Å². The van der Waals surface area contributed by atoms with E-state index in [9.17, 15) is 0 Å². The average molecular weight is 213 g/mol. The number of ether oxygens (including phenoxy) is 1. The summed E-state index contributed by atoms with van der Waals surface area (Å²) in [6.07, 6.45) is 9.42. The standard InChI is InChI=1S/C13H27NO/c1-11-7-3-4-9-13(11)15-10-6-5-8-12(2)14/h11-13H,3-10,14H2,1-2H3. The summed E-state index contributed by atoms with van der Waals surface area (Å²) in [7, 11) is 0. The third kappa shape index (κ3) is 5.53. The van der Waals surface area contributed by atoms with Crippen LogP contribution in [0.4, 0.5) is 0 Å². The van der Waals surface area contributed by atoms with E-state index in [0.717, 1.165) is 18.9 Å². The first kappa shape index (κ1) is 13.0. The molecule has 3 unspecified atom stereocenters. The number of hydrogen-bond donors (Lipinski definition) is 1. The summed E-state index contributed by atoms with van der Waals surface area (Å²) in [6, 6.07) is 0.346. The van der Waals surface area contributed by atoms with Crippen molar-refractivity contribution < 1.29 is 4.74 Å². The minimum Gasteiger partial charge on any atom is -0.378 e. The second-order valence-corrected chi connectivity index (χ2v) is 5.14. The molecule has 0 aromatic rings. The van der Waals surface area contributed by atoms with Crippen LogP contribution in [-0.4, -0.2) is 18.8 Å². The van der Waals surface area contributed by atoms with Crippen LogP contribution in [-0.2, 0) is 4.74 Å². The molecule has 1 aliphatic rings. The zero-order valence-corrected chi connectivity index (χ0v) is 10.4. The van der Waals surface area contributed by atoms with Gasteiger partial charge < -0.3 is 10.5 Å². The molecule has 0 radical (unpaired) electrons. The van der Waals surface area contributed by atoms with Crippen LogP contribution in [0, 0.1) is 5.92 Å². The molecule has 1 rings (SSSR count). The van der Waals surface area contributed by atoms with Gasteiger partial charge in [-0.3, -0.25) is 0 Å². The third-order valence-electron chi connectivity index (χ3n) is 3.42. The molecule has 0 aliphatic heterocycles. The summed E-state index contributed by atoms with van der Waals surface area (Å²) in [5.74, 6) is 0.771. The number of nitrogens with two attached hydrogens (primary N) is 1. The zero-order valence-electron chi connectivity index (χ0n) is 10.4. The van der Waals surface area contributed by atoms with E-state index in [-0.39, 0.29) is 0 Å².